The lowest BCUT2D eigenvalue weighted by Crippen LogP contribution is -2.61. The Morgan fingerprint density at radius 3 is 1.02 bits per heavy atom. The van der Waals surface area contributed by atoms with Gasteiger partial charge in [-0.25, -0.2) is 0 Å². The topological polar surface area (TPSA) is 63.0 Å². The molecule has 8 heteroatoms. The van der Waals surface area contributed by atoms with Gasteiger partial charge in [0.25, 0.3) is 6.71 Å². The van der Waals surface area contributed by atoms with Crippen LogP contribution in [0.25, 0.3) is 83.4 Å². The monoisotopic (exact) mass is 1470 g/mol. The number of fused-ring (bicyclic) bond motifs is 7. The molecule has 2 aliphatic heterocycles. The first-order chi connectivity index (χ1) is 52.2. The molecule has 13 aromatic rings. The molecule has 112 heavy (non-hydrogen) atoms. The van der Waals surface area contributed by atoms with E-state index in [0.717, 1.165) is 135 Å². The Morgan fingerprint density at radius 1 is 0.250 bits per heavy atom. The molecule has 0 spiro atoms. The molecule has 0 N–H and O–H groups in total. The summed E-state index contributed by atoms with van der Waals surface area (Å²) < 4.78 is 2.55. The Balaban J connectivity index is 1.20. The van der Waals surface area contributed by atoms with Crippen molar-refractivity contribution in [1.82, 2.24) is 24.5 Å². The van der Waals surface area contributed by atoms with Crippen LogP contribution >= 0.6 is 0 Å². The number of hydrogen-bond acceptors (Lipinski definition) is 6. The van der Waals surface area contributed by atoms with Crippen molar-refractivity contribution in [2.45, 2.75) is 236 Å². The fourth-order valence-corrected chi connectivity index (χ4v) is 16.5. The molecule has 2 aliphatic rings. The summed E-state index contributed by atoms with van der Waals surface area (Å²) in [6.07, 6.45) is 0. The van der Waals surface area contributed by atoms with E-state index in [0.29, 0.717) is 0 Å². The minimum absolute atomic E-state index is 0.129. The smallest absolute Gasteiger partial charge is 0.252 e. The van der Waals surface area contributed by atoms with Gasteiger partial charge in [-0.05, 0) is 157 Å². The fourth-order valence-electron chi connectivity index (χ4n) is 16.5. The van der Waals surface area contributed by atoms with E-state index in [1.54, 1.807) is 0 Å². The molecule has 5 aromatic heterocycles. The highest BCUT2D eigenvalue weighted by Crippen LogP contribution is 2.56. The predicted molar refractivity (Wildman–Crippen MR) is 481 cm³/mol. The minimum Gasteiger partial charge on any atom is -0.310 e. The second-order valence-electron chi connectivity index (χ2n) is 41.4. The van der Waals surface area contributed by atoms with E-state index in [2.05, 4.69) is 414 Å². The van der Waals surface area contributed by atoms with Crippen LogP contribution in [-0.4, -0.2) is 31.2 Å². The standard InChI is InChI=1S/C104H116BN7/c1-96(2,3)67-49-51-78-84(60-67)112(94-71(65-55-89(101(16,17)18)108-90(56-65)102(19,20)21)38-32-39-72(94)66-57-91(103(22,23)24)109-92(58-66)104(25,26)27)86-62-70(110-81-44-30-28-36-73(81)74-37-29-31-45-82(74)110)61-85-93(86)105(78)77-50-48-63(64-52-68(97(4,5)6)59-69(53-64)98(7,8)9)54-83(77)111(85)95-75(79-42-34-46-87(106-79)99(10,11)12)40-33-41-76(95)80-43-35-47-88(107-80)100(13,14)15/h28-62H,1-27H3. The van der Waals surface area contributed by atoms with E-state index in [-0.39, 0.29) is 55.4 Å². The van der Waals surface area contributed by atoms with E-state index in [1.165, 1.54) is 49.4 Å². The molecule has 0 unspecified atom stereocenters. The lowest BCUT2D eigenvalue weighted by Gasteiger charge is -2.46. The molecular formula is C104H116BN7. The van der Waals surface area contributed by atoms with Crippen LogP contribution in [0.15, 0.2) is 212 Å². The number of rotatable bonds is 8. The molecule has 0 radical (unpaired) electrons. The van der Waals surface area contributed by atoms with E-state index < -0.39 is 0 Å². The molecule has 15 rings (SSSR count). The molecule has 0 saturated carbocycles. The van der Waals surface area contributed by atoms with Gasteiger partial charge in [0.05, 0.1) is 39.5 Å². The summed E-state index contributed by atoms with van der Waals surface area (Å²) in [6, 6.07) is 82.4. The Bertz CT molecular complexity index is 5600. The summed E-state index contributed by atoms with van der Waals surface area (Å²) in [5.74, 6) is 0. The van der Waals surface area contributed by atoms with Crippen molar-refractivity contribution in [1.29, 1.82) is 0 Å². The van der Waals surface area contributed by atoms with Gasteiger partial charge in [0, 0.05) is 122 Å². The van der Waals surface area contributed by atoms with Gasteiger partial charge in [0.2, 0.25) is 0 Å². The van der Waals surface area contributed by atoms with Crippen LogP contribution in [0.5, 0.6) is 0 Å². The number of aromatic nitrogens is 5. The number of hydrogen-bond donors (Lipinski definition) is 0. The minimum atomic E-state index is -0.290. The summed E-state index contributed by atoms with van der Waals surface area (Å²) in [5, 5.41) is 2.38. The Hall–Kier alpha value is -10.2. The number of benzene rings is 8. The lowest BCUT2D eigenvalue weighted by molar-refractivity contribution is 0.531. The summed E-state index contributed by atoms with van der Waals surface area (Å²) in [6.45, 7) is 62.2. The average Bonchev–Trinajstić information content (AvgIpc) is 0.834. The van der Waals surface area contributed by atoms with E-state index in [1.807, 2.05) is 0 Å². The predicted octanol–water partition coefficient (Wildman–Crippen LogP) is 26.5. The largest absolute Gasteiger partial charge is 0.310 e. The number of nitrogens with zero attached hydrogens (tertiary/aromatic N) is 7. The van der Waals surface area contributed by atoms with Gasteiger partial charge >= 0.3 is 0 Å². The molecule has 0 saturated heterocycles. The maximum absolute atomic E-state index is 5.79. The molecule has 8 aromatic carbocycles. The number of anilines is 6. The van der Waals surface area contributed by atoms with Crippen LogP contribution in [-0.2, 0) is 48.7 Å². The van der Waals surface area contributed by atoms with Gasteiger partial charge < -0.3 is 14.4 Å². The molecule has 570 valence electrons. The van der Waals surface area contributed by atoms with Gasteiger partial charge in [0.15, 0.2) is 0 Å². The maximum Gasteiger partial charge on any atom is 0.252 e. The third-order valence-electron chi connectivity index (χ3n) is 23.2. The van der Waals surface area contributed by atoms with Crippen molar-refractivity contribution in [3.05, 3.63) is 263 Å². The molecule has 0 amide bonds. The molecule has 7 nitrogen and oxygen atoms in total. The number of pyridine rings is 4. The summed E-state index contributed by atoms with van der Waals surface area (Å²) in [7, 11) is 0. The van der Waals surface area contributed by atoms with Crippen molar-refractivity contribution in [2.24, 2.45) is 0 Å². The lowest BCUT2D eigenvalue weighted by atomic mass is 9.33. The van der Waals surface area contributed by atoms with Crippen LogP contribution < -0.4 is 26.2 Å². The van der Waals surface area contributed by atoms with Crippen molar-refractivity contribution in [2.75, 3.05) is 9.80 Å². The van der Waals surface area contributed by atoms with Crippen LogP contribution in [0.2, 0.25) is 0 Å². The maximum atomic E-state index is 5.79. The highest BCUT2D eigenvalue weighted by atomic mass is 15.2. The Labute approximate surface area is 669 Å². The van der Waals surface area contributed by atoms with E-state index >= 15 is 0 Å². The van der Waals surface area contributed by atoms with Gasteiger partial charge in [-0.15, -0.1) is 0 Å². The van der Waals surface area contributed by atoms with E-state index in [4.69, 9.17) is 19.9 Å². The first-order valence-electron chi connectivity index (χ1n) is 40.7. The second kappa shape index (κ2) is 26.7. The van der Waals surface area contributed by atoms with Crippen LogP contribution in [0.1, 0.15) is 238 Å². The van der Waals surface area contributed by atoms with E-state index in [9.17, 15) is 0 Å². The SMILES string of the molecule is CC(C)(C)c1cc(-c2ccc3c(c2)N(c2c(-c4cccc(C(C)(C)C)n4)cccc2-c2cccc(C(C)(C)C)n2)c2cc(-n4c5ccccc5c5ccccc54)cc4c2B3c2ccc(C(C)(C)C)cc2N4c2c(-c3cc(C(C)(C)C)nc(C(C)(C)C)c3)cccc2-c2cc(C(C)(C)C)nc(C(C)(C)C)c2)cc(C(C)(C)C)c1. The second-order valence-corrected chi connectivity index (χ2v) is 41.4. The van der Waals surface area contributed by atoms with Gasteiger partial charge in [-0.2, -0.15) is 0 Å². The zero-order valence-electron chi connectivity index (χ0n) is 71.9. The van der Waals surface area contributed by atoms with Crippen molar-refractivity contribution >= 4 is 79.0 Å². The molecule has 0 atom stereocenters. The third-order valence-corrected chi connectivity index (χ3v) is 23.2. The molecule has 0 fully saturated rings. The average molecular weight is 1470 g/mol. The first-order valence-corrected chi connectivity index (χ1v) is 40.7. The highest BCUT2D eigenvalue weighted by molar-refractivity contribution is 7.00. The van der Waals surface area contributed by atoms with Gasteiger partial charge in [-0.3, -0.25) is 19.9 Å². The summed E-state index contributed by atoms with van der Waals surface area (Å²) >= 11 is 0. The Kier molecular flexibility index (Phi) is 18.4. The molecule has 7 heterocycles. The first kappa shape index (κ1) is 77.2. The number of para-hydroxylation sites is 4. The quantitative estimate of drug-likeness (QED) is 0.141. The van der Waals surface area contributed by atoms with Gasteiger partial charge in [0.1, 0.15) is 0 Å². The fraction of sp³-hybridized carbons (Fsp3) is 0.346. The van der Waals surface area contributed by atoms with Crippen molar-refractivity contribution in [3.8, 4) is 61.6 Å². The van der Waals surface area contributed by atoms with Crippen LogP contribution in [0.4, 0.5) is 34.1 Å². The van der Waals surface area contributed by atoms with Crippen LogP contribution in [0.3, 0.4) is 0 Å². The molecule has 0 bridgehead atoms. The molecule has 0 aliphatic carbocycles. The summed E-state index contributed by atoms with van der Waals surface area (Å²) in [4.78, 5) is 28.2. The van der Waals surface area contributed by atoms with Crippen molar-refractivity contribution in [3.63, 3.8) is 0 Å². The van der Waals surface area contributed by atoms with Gasteiger partial charge in [-0.1, -0.05) is 314 Å². The van der Waals surface area contributed by atoms with Crippen LogP contribution in [0, 0.1) is 0 Å². The third kappa shape index (κ3) is 14.0. The zero-order chi connectivity index (χ0) is 80.4. The zero-order valence-corrected chi connectivity index (χ0v) is 71.9. The Morgan fingerprint density at radius 2 is 0.616 bits per heavy atom. The molecular weight excluding hydrogens is 1360 g/mol. The normalized spacial score (nSPS) is 13.8. The highest BCUT2D eigenvalue weighted by Gasteiger charge is 2.47. The van der Waals surface area contributed by atoms with Crippen molar-refractivity contribution < 1.29 is 0 Å². The summed E-state index contributed by atoms with van der Waals surface area (Å²) in [5.41, 5.74) is 31.8.